The maximum absolute atomic E-state index is 11.8. The van der Waals surface area contributed by atoms with Gasteiger partial charge in [-0.05, 0) is 36.8 Å². The highest BCUT2D eigenvalue weighted by Crippen LogP contribution is 2.09. The second-order valence-corrected chi connectivity index (χ2v) is 5.04. The molecule has 1 amide bonds. The lowest BCUT2D eigenvalue weighted by Gasteiger charge is -2.00. The van der Waals surface area contributed by atoms with Crippen molar-refractivity contribution in [1.82, 2.24) is 5.43 Å². The van der Waals surface area contributed by atoms with E-state index >= 15 is 0 Å². The summed E-state index contributed by atoms with van der Waals surface area (Å²) in [7, 11) is 0. The maximum atomic E-state index is 11.8. The average molecular weight is 317 g/mol. The van der Waals surface area contributed by atoms with Gasteiger partial charge in [0.25, 0.3) is 5.91 Å². The molecule has 2 aromatic rings. The Labute approximate surface area is 120 Å². The standard InChI is InChI=1S/C15H13BrN2O/c1-11-4-2-6-13(8-11)15(19)18-17-10-12-5-3-7-14(16)9-12/h2-10H,1H3,(H,18,19). The lowest BCUT2D eigenvalue weighted by molar-refractivity contribution is 0.0955. The van der Waals surface area contributed by atoms with E-state index in [1.165, 1.54) is 0 Å². The number of rotatable bonds is 3. The van der Waals surface area contributed by atoms with E-state index in [1.54, 1.807) is 12.3 Å². The summed E-state index contributed by atoms with van der Waals surface area (Å²) in [6.07, 6.45) is 1.61. The predicted molar refractivity (Wildman–Crippen MR) is 80.4 cm³/mol. The quantitative estimate of drug-likeness (QED) is 0.683. The SMILES string of the molecule is Cc1cccc(C(=O)NN=Cc2cccc(Br)c2)c1. The first-order valence-corrected chi connectivity index (χ1v) is 6.60. The summed E-state index contributed by atoms with van der Waals surface area (Å²) >= 11 is 3.38. The van der Waals surface area contributed by atoms with Crippen molar-refractivity contribution in [2.24, 2.45) is 5.10 Å². The number of hydrazone groups is 1. The Bertz CT molecular complexity index is 623. The number of benzene rings is 2. The third-order valence-electron chi connectivity index (χ3n) is 2.51. The Morgan fingerprint density at radius 1 is 1.21 bits per heavy atom. The number of nitrogens with zero attached hydrogens (tertiary/aromatic N) is 1. The van der Waals surface area contributed by atoms with Crippen molar-refractivity contribution in [3.63, 3.8) is 0 Å². The monoisotopic (exact) mass is 316 g/mol. The molecule has 0 spiro atoms. The molecule has 0 bridgehead atoms. The molecule has 0 aliphatic rings. The fourth-order valence-electron chi connectivity index (χ4n) is 1.60. The highest BCUT2D eigenvalue weighted by atomic mass is 79.9. The van der Waals surface area contributed by atoms with Crippen molar-refractivity contribution in [2.75, 3.05) is 0 Å². The second kappa shape index (κ2) is 6.29. The molecule has 0 unspecified atom stereocenters. The third-order valence-corrected chi connectivity index (χ3v) is 3.00. The molecule has 2 rings (SSSR count). The fourth-order valence-corrected chi connectivity index (χ4v) is 2.02. The van der Waals surface area contributed by atoms with Crippen molar-refractivity contribution in [1.29, 1.82) is 0 Å². The summed E-state index contributed by atoms with van der Waals surface area (Å²) < 4.78 is 0.974. The second-order valence-electron chi connectivity index (χ2n) is 4.12. The summed E-state index contributed by atoms with van der Waals surface area (Å²) in [5.41, 5.74) is 5.07. The van der Waals surface area contributed by atoms with E-state index in [2.05, 4.69) is 26.5 Å². The molecular formula is C15H13BrN2O. The molecule has 0 aromatic heterocycles. The summed E-state index contributed by atoms with van der Waals surface area (Å²) in [5.74, 6) is -0.213. The summed E-state index contributed by atoms with van der Waals surface area (Å²) in [6.45, 7) is 1.95. The smallest absolute Gasteiger partial charge is 0.267 e. The lowest BCUT2D eigenvalue weighted by Crippen LogP contribution is -2.17. The van der Waals surface area contributed by atoms with E-state index in [0.29, 0.717) is 5.56 Å². The summed E-state index contributed by atoms with van der Waals surface area (Å²) in [5, 5.41) is 3.94. The predicted octanol–water partition coefficient (Wildman–Crippen LogP) is 3.52. The van der Waals surface area contributed by atoms with Crippen LogP contribution >= 0.6 is 15.9 Å². The number of carbonyl (C=O) groups is 1. The molecule has 19 heavy (non-hydrogen) atoms. The van der Waals surface area contributed by atoms with E-state index in [1.807, 2.05) is 49.4 Å². The molecule has 0 saturated heterocycles. The number of nitrogens with one attached hydrogen (secondary N) is 1. The van der Waals surface area contributed by atoms with Gasteiger partial charge in [-0.25, -0.2) is 5.43 Å². The Hall–Kier alpha value is -1.94. The van der Waals surface area contributed by atoms with Crippen LogP contribution < -0.4 is 5.43 Å². The molecule has 0 atom stereocenters. The van der Waals surface area contributed by atoms with Crippen molar-refractivity contribution in [3.05, 3.63) is 69.7 Å². The van der Waals surface area contributed by atoms with Crippen molar-refractivity contribution in [2.45, 2.75) is 6.92 Å². The van der Waals surface area contributed by atoms with Crippen LogP contribution in [0.15, 0.2) is 58.1 Å². The van der Waals surface area contributed by atoms with Gasteiger partial charge in [-0.1, -0.05) is 45.8 Å². The number of carbonyl (C=O) groups excluding carboxylic acids is 1. The molecular weight excluding hydrogens is 304 g/mol. The zero-order valence-electron chi connectivity index (χ0n) is 10.4. The average Bonchev–Trinajstić information content (AvgIpc) is 2.38. The minimum atomic E-state index is -0.213. The van der Waals surface area contributed by atoms with Crippen LogP contribution in [-0.2, 0) is 0 Å². The first kappa shape index (κ1) is 13.5. The van der Waals surface area contributed by atoms with Crippen molar-refractivity contribution >= 4 is 28.1 Å². The van der Waals surface area contributed by atoms with E-state index in [9.17, 15) is 4.79 Å². The van der Waals surface area contributed by atoms with Crippen molar-refractivity contribution < 1.29 is 4.79 Å². The Balaban J connectivity index is 2.01. The number of hydrogen-bond acceptors (Lipinski definition) is 2. The highest BCUT2D eigenvalue weighted by molar-refractivity contribution is 9.10. The molecule has 0 saturated carbocycles. The van der Waals surface area contributed by atoms with Crippen LogP contribution in [0, 0.1) is 6.92 Å². The van der Waals surface area contributed by atoms with Gasteiger partial charge in [-0.3, -0.25) is 4.79 Å². The van der Waals surface area contributed by atoms with Crippen LogP contribution in [-0.4, -0.2) is 12.1 Å². The molecule has 0 fully saturated rings. The van der Waals surface area contributed by atoms with Gasteiger partial charge in [0.05, 0.1) is 6.21 Å². The normalized spacial score (nSPS) is 10.6. The van der Waals surface area contributed by atoms with Crippen LogP contribution in [0.25, 0.3) is 0 Å². The van der Waals surface area contributed by atoms with Crippen molar-refractivity contribution in [3.8, 4) is 0 Å². The van der Waals surface area contributed by atoms with Gasteiger partial charge >= 0.3 is 0 Å². The highest BCUT2D eigenvalue weighted by Gasteiger charge is 2.02. The Morgan fingerprint density at radius 2 is 2.00 bits per heavy atom. The Morgan fingerprint density at radius 3 is 2.74 bits per heavy atom. The topological polar surface area (TPSA) is 41.5 Å². The third kappa shape index (κ3) is 4.03. The number of aryl methyl sites for hydroxylation is 1. The molecule has 1 N–H and O–H groups in total. The zero-order chi connectivity index (χ0) is 13.7. The Kier molecular flexibility index (Phi) is 4.47. The van der Waals surface area contributed by atoms with Gasteiger partial charge in [0.15, 0.2) is 0 Å². The van der Waals surface area contributed by atoms with Gasteiger partial charge < -0.3 is 0 Å². The molecule has 0 radical (unpaired) electrons. The van der Waals surface area contributed by atoms with Gasteiger partial charge in [0, 0.05) is 10.0 Å². The van der Waals surface area contributed by atoms with Crippen LogP contribution in [0.3, 0.4) is 0 Å². The molecule has 4 heteroatoms. The van der Waals surface area contributed by atoms with Gasteiger partial charge in [0.2, 0.25) is 0 Å². The van der Waals surface area contributed by atoms with Crippen LogP contribution in [0.5, 0.6) is 0 Å². The molecule has 0 aliphatic carbocycles. The summed E-state index contributed by atoms with van der Waals surface area (Å²) in [4.78, 5) is 11.8. The van der Waals surface area contributed by atoms with Gasteiger partial charge in [-0.2, -0.15) is 5.10 Å². The molecule has 2 aromatic carbocycles. The molecule has 0 aliphatic heterocycles. The minimum absolute atomic E-state index is 0.213. The van der Waals surface area contributed by atoms with Crippen LogP contribution in [0.4, 0.5) is 0 Å². The molecule has 96 valence electrons. The first-order valence-electron chi connectivity index (χ1n) is 5.81. The largest absolute Gasteiger partial charge is 0.271 e. The summed E-state index contributed by atoms with van der Waals surface area (Å²) in [6, 6.07) is 15.1. The fraction of sp³-hybridized carbons (Fsp3) is 0.0667. The van der Waals surface area contributed by atoms with E-state index in [-0.39, 0.29) is 5.91 Å². The van der Waals surface area contributed by atoms with Gasteiger partial charge in [-0.15, -0.1) is 0 Å². The van der Waals surface area contributed by atoms with E-state index < -0.39 is 0 Å². The molecule has 0 heterocycles. The number of halogens is 1. The number of hydrogen-bond donors (Lipinski definition) is 1. The first-order chi connectivity index (χ1) is 9.15. The lowest BCUT2D eigenvalue weighted by atomic mass is 10.1. The van der Waals surface area contributed by atoms with Crippen LogP contribution in [0.1, 0.15) is 21.5 Å². The van der Waals surface area contributed by atoms with E-state index in [4.69, 9.17) is 0 Å². The van der Waals surface area contributed by atoms with Gasteiger partial charge in [0.1, 0.15) is 0 Å². The van der Waals surface area contributed by atoms with Crippen LogP contribution in [0.2, 0.25) is 0 Å². The number of amides is 1. The van der Waals surface area contributed by atoms with E-state index in [0.717, 1.165) is 15.6 Å². The maximum Gasteiger partial charge on any atom is 0.271 e. The molecule has 3 nitrogen and oxygen atoms in total. The minimum Gasteiger partial charge on any atom is -0.267 e. The zero-order valence-corrected chi connectivity index (χ0v) is 12.0.